The van der Waals surface area contributed by atoms with E-state index in [0.29, 0.717) is 25.1 Å². The predicted molar refractivity (Wildman–Crippen MR) is 194 cm³/mol. The van der Waals surface area contributed by atoms with Gasteiger partial charge in [-0.3, -0.25) is 4.79 Å². The summed E-state index contributed by atoms with van der Waals surface area (Å²) >= 11 is 0. The number of unbranched alkanes of at least 4 members (excludes halogenated alkanes) is 6. The van der Waals surface area contributed by atoms with Gasteiger partial charge in [0, 0.05) is 30.1 Å². The van der Waals surface area contributed by atoms with E-state index in [0.717, 1.165) is 80.7 Å². The first-order valence-electron chi connectivity index (χ1n) is 19.0. The van der Waals surface area contributed by atoms with Crippen LogP contribution in [0.25, 0.3) is 10.9 Å². The van der Waals surface area contributed by atoms with Crippen LogP contribution >= 0.6 is 0 Å². The number of nitrogens with one attached hydrogen (secondary N) is 2. The third-order valence-corrected chi connectivity index (χ3v) is 9.97. The van der Waals surface area contributed by atoms with Gasteiger partial charge in [0.1, 0.15) is 54.6 Å². The smallest absolute Gasteiger partial charge is 0.229 e. The molecule has 15 nitrogen and oxygen atoms in total. The van der Waals surface area contributed by atoms with E-state index in [-0.39, 0.29) is 12.0 Å². The largest absolute Gasteiger partial charge is 0.462 e. The highest BCUT2D eigenvalue weighted by Crippen LogP contribution is 2.29. The van der Waals surface area contributed by atoms with Crippen molar-refractivity contribution in [2.45, 2.75) is 151 Å². The lowest BCUT2D eigenvalue weighted by atomic mass is 9.98. The van der Waals surface area contributed by atoms with Crippen molar-refractivity contribution in [3.63, 3.8) is 0 Å². The summed E-state index contributed by atoms with van der Waals surface area (Å²) in [5.74, 6) is 0.321. The van der Waals surface area contributed by atoms with E-state index in [4.69, 9.17) is 18.9 Å². The number of amides is 1. The molecule has 0 bridgehead atoms. The molecule has 3 heterocycles. The number of fused-ring (bicyclic) bond motifs is 1. The molecule has 2 aliphatic rings. The van der Waals surface area contributed by atoms with E-state index < -0.39 is 74.6 Å². The van der Waals surface area contributed by atoms with Crippen LogP contribution in [-0.2, 0) is 25.4 Å². The lowest BCUT2D eigenvalue weighted by Crippen LogP contribution is -2.62. The SMILES string of the molecule is CCC(O)CCC/C=C\CCCCCCCC(=O)NCCc1c[nH]c2ccc(O[C@@H]3OC(CO[C@@H]4OC(CO)[C@H](O)[C@H](O)C4O)[C@H](O)[C@H](O)C3O)cc12. The molecular weight excluding hydrogens is 692 g/mol. The van der Waals surface area contributed by atoms with Crippen LogP contribution < -0.4 is 10.1 Å². The number of rotatable bonds is 22. The highest BCUT2D eigenvalue weighted by atomic mass is 16.7. The van der Waals surface area contributed by atoms with Gasteiger partial charge in [0.2, 0.25) is 12.2 Å². The van der Waals surface area contributed by atoms with E-state index in [1.165, 1.54) is 0 Å². The molecule has 53 heavy (non-hydrogen) atoms. The number of allylic oxidation sites excluding steroid dienone is 2. The molecule has 0 spiro atoms. The maximum absolute atomic E-state index is 12.4. The highest BCUT2D eigenvalue weighted by molar-refractivity contribution is 5.84. The Labute approximate surface area is 310 Å². The van der Waals surface area contributed by atoms with Crippen molar-refractivity contribution in [3.05, 3.63) is 42.1 Å². The first kappa shape index (κ1) is 43.1. The molecule has 1 amide bonds. The fraction of sp³-hybridized carbons (Fsp3) is 0.711. The lowest BCUT2D eigenvalue weighted by Gasteiger charge is -2.42. The number of carbonyl (C=O) groups is 1. The highest BCUT2D eigenvalue weighted by Gasteiger charge is 2.48. The molecule has 2 fully saturated rings. The molecule has 1 aromatic carbocycles. The zero-order valence-corrected chi connectivity index (χ0v) is 30.5. The molecule has 5 unspecified atom stereocenters. The Kier molecular flexibility index (Phi) is 17.9. The van der Waals surface area contributed by atoms with Crippen LogP contribution in [0.1, 0.15) is 83.1 Å². The van der Waals surface area contributed by atoms with Gasteiger partial charge in [0.25, 0.3) is 0 Å². The van der Waals surface area contributed by atoms with Gasteiger partial charge in [-0.2, -0.15) is 0 Å². The molecule has 0 radical (unpaired) electrons. The van der Waals surface area contributed by atoms with Crippen LogP contribution in [0.15, 0.2) is 36.5 Å². The van der Waals surface area contributed by atoms with Crippen LogP contribution in [0.5, 0.6) is 5.75 Å². The van der Waals surface area contributed by atoms with Gasteiger partial charge in [-0.25, -0.2) is 0 Å². The van der Waals surface area contributed by atoms with Crippen LogP contribution in [0.2, 0.25) is 0 Å². The first-order chi connectivity index (χ1) is 25.5. The van der Waals surface area contributed by atoms with Gasteiger partial charge in [0.15, 0.2) is 6.29 Å². The van der Waals surface area contributed by atoms with E-state index in [1.54, 1.807) is 18.2 Å². The van der Waals surface area contributed by atoms with E-state index >= 15 is 0 Å². The maximum atomic E-state index is 12.4. The van der Waals surface area contributed by atoms with Crippen molar-refractivity contribution in [1.29, 1.82) is 0 Å². The van der Waals surface area contributed by atoms with Crippen LogP contribution in [0.4, 0.5) is 0 Å². The maximum Gasteiger partial charge on any atom is 0.229 e. The van der Waals surface area contributed by atoms with Gasteiger partial charge < -0.3 is 70.1 Å². The Bertz CT molecular complexity index is 1390. The molecule has 2 aromatic rings. The van der Waals surface area contributed by atoms with Crippen molar-refractivity contribution in [2.24, 2.45) is 0 Å². The third-order valence-electron chi connectivity index (χ3n) is 9.97. The zero-order chi connectivity index (χ0) is 38.3. The average molecular weight is 753 g/mol. The normalized spacial score (nSPS) is 29.8. The number of H-pyrrole nitrogens is 1. The molecule has 0 saturated carbocycles. The van der Waals surface area contributed by atoms with Crippen molar-refractivity contribution < 1.29 is 64.6 Å². The number of aliphatic hydroxyl groups is 8. The molecule has 2 saturated heterocycles. The lowest BCUT2D eigenvalue weighted by molar-refractivity contribution is -0.323. The van der Waals surface area contributed by atoms with E-state index in [1.807, 2.05) is 13.1 Å². The minimum Gasteiger partial charge on any atom is -0.462 e. The molecule has 2 aliphatic heterocycles. The van der Waals surface area contributed by atoms with Gasteiger partial charge in [-0.05, 0) is 75.1 Å². The number of aromatic nitrogens is 1. The summed E-state index contributed by atoms with van der Waals surface area (Å²) < 4.78 is 22.5. The number of carbonyl (C=O) groups excluding carboxylic acids is 1. The summed E-state index contributed by atoms with van der Waals surface area (Å²) in [6.45, 7) is 1.33. The Balaban J connectivity index is 1.17. The number of hydrogen-bond donors (Lipinski definition) is 10. The minimum atomic E-state index is -1.68. The second kappa shape index (κ2) is 22.0. The van der Waals surface area contributed by atoms with Crippen molar-refractivity contribution >= 4 is 16.8 Å². The summed E-state index contributed by atoms with van der Waals surface area (Å²) in [5, 5.41) is 84.8. The monoisotopic (exact) mass is 752 g/mol. The standard InChI is InChI=1S/C38H60N2O13/c1-2-24(42)13-11-9-7-5-3-4-6-8-10-12-14-30(43)39-18-17-23-20-40-27-16-15-25(19-26(23)27)51-38-36(49)34(47)32(45)29(53-38)22-50-37-35(48)33(46)31(44)28(21-41)52-37/h5,7,15-16,19-20,24,28-29,31-38,40-42,44-49H,2-4,6,8-14,17-18,21-22H2,1H3,(H,39,43)/b7-5-/t24?,28?,29?,31-,32-,33-,34-,35?,36?,37+,38+/m0/s1. The number of aromatic amines is 1. The predicted octanol–water partition coefficient (Wildman–Crippen LogP) is 1.06. The first-order valence-corrected chi connectivity index (χ1v) is 19.0. The summed E-state index contributed by atoms with van der Waals surface area (Å²) in [4.78, 5) is 15.6. The molecule has 0 aliphatic carbocycles. The third kappa shape index (κ3) is 12.7. The fourth-order valence-electron chi connectivity index (χ4n) is 6.53. The number of hydrogen-bond acceptors (Lipinski definition) is 13. The topological polar surface area (TPSA) is 244 Å². The molecule has 11 atom stereocenters. The molecule has 4 rings (SSSR count). The number of aliphatic hydroxyl groups excluding tert-OH is 8. The number of ether oxygens (including phenoxy) is 4. The molecule has 15 heteroatoms. The Morgan fingerprint density at radius 1 is 0.868 bits per heavy atom. The Morgan fingerprint density at radius 2 is 1.53 bits per heavy atom. The minimum absolute atomic E-state index is 0.0132. The molecule has 300 valence electrons. The van der Waals surface area contributed by atoms with Crippen molar-refractivity contribution in [3.8, 4) is 5.75 Å². The second-order valence-corrected chi connectivity index (χ2v) is 14.1. The quantitative estimate of drug-likeness (QED) is 0.0599. The summed E-state index contributed by atoms with van der Waals surface area (Å²) in [6.07, 6.45) is 1.98. The van der Waals surface area contributed by atoms with Gasteiger partial charge in [-0.15, -0.1) is 0 Å². The summed E-state index contributed by atoms with van der Waals surface area (Å²) in [6, 6.07) is 5.17. The Hall–Kier alpha value is -2.67. The summed E-state index contributed by atoms with van der Waals surface area (Å²) in [5.41, 5.74) is 1.76. The van der Waals surface area contributed by atoms with Crippen LogP contribution in [-0.4, -0.2) is 139 Å². The fourth-order valence-corrected chi connectivity index (χ4v) is 6.53. The second-order valence-electron chi connectivity index (χ2n) is 14.1. The average Bonchev–Trinajstić information content (AvgIpc) is 3.56. The van der Waals surface area contributed by atoms with Gasteiger partial charge >= 0.3 is 0 Å². The number of benzene rings is 1. The van der Waals surface area contributed by atoms with Crippen molar-refractivity contribution in [1.82, 2.24) is 10.3 Å². The van der Waals surface area contributed by atoms with Crippen LogP contribution in [0, 0.1) is 0 Å². The zero-order valence-electron chi connectivity index (χ0n) is 30.5. The molecule has 10 N–H and O–H groups in total. The van der Waals surface area contributed by atoms with E-state index in [9.17, 15) is 45.6 Å². The summed E-state index contributed by atoms with van der Waals surface area (Å²) in [7, 11) is 0. The molecule has 1 aromatic heterocycles. The van der Waals surface area contributed by atoms with Gasteiger partial charge in [0.05, 0.1) is 19.3 Å². The Morgan fingerprint density at radius 3 is 2.26 bits per heavy atom. The van der Waals surface area contributed by atoms with Crippen LogP contribution in [0.3, 0.4) is 0 Å². The van der Waals surface area contributed by atoms with Crippen molar-refractivity contribution in [2.75, 3.05) is 19.8 Å². The molecular formula is C38H60N2O13. The van der Waals surface area contributed by atoms with E-state index in [2.05, 4.69) is 22.5 Å². The van der Waals surface area contributed by atoms with Gasteiger partial charge in [-0.1, -0.05) is 38.3 Å².